The minimum absolute atomic E-state index is 0.0254. The van der Waals surface area contributed by atoms with Gasteiger partial charge < -0.3 is 4.74 Å². The van der Waals surface area contributed by atoms with Gasteiger partial charge in [0.25, 0.3) is 0 Å². The number of hydrogen-bond donors (Lipinski definition) is 2. The van der Waals surface area contributed by atoms with Gasteiger partial charge in [-0.2, -0.15) is 15.2 Å². The lowest BCUT2D eigenvalue weighted by Gasteiger charge is -2.11. The van der Waals surface area contributed by atoms with Gasteiger partial charge in [-0.15, -0.1) is 0 Å². The van der Waals surface area contributed by atoms with Crippen molar-refractivity contribution in [1.82, 2.24) is 15.2 Å². The molecule has 0 radical (unpaired) electrons. The lowest BCUT2D eigenvalue weighted by molar-refractivity contribution is 0.299. The first kappa shape index (κ1) is 18.5. The third kappa shape index (κ3) is 4.68. The van der Waals surface area contributed by atoms with Gasteiger partial charge in [0.1, 0.15) is 23.9 Å². The number of ether oxygens (including phenoxy) is 1. The topological polar surface area (TPSA) is 92.3 Å². The number of benzene rings is 2. The number of aromatic amines is 1. The molecule has 0 saturated heterocycles. The second-order valence-electron chi connectivity index (χ2n) is 5.47. The fraction of sp³-hybridized carbons (Fsp3) is 0.111. The molecule has 3 aromatic rings. The van der Waals surface area contributed by atoms with Crippen molar-refractivity contribution in [2.75, 3.05) is 5.43 Å². The quantitative estimate of drug-likeness (QED) is 0.500. The zero-order chi connectivity index (χ0) is 19.2. The molecule has 0 fully saturated rings. The molecule has 0 unspecified atom stereocenters. The number of aryl methyl sites for hydroxylation is 1. The van der Waals surface area contributed by atoms with Crippen molar-refractivity contribution < 1.29 is 9.13 Å². The first-order valence-electron chi connectivity index (χ1n) is 7.91. The lowest BCUT2D eigenvalue weighted by Crippen LogP contribution is -2.15. The summed E-state index contributed by atoms with van der Waals surface area (Å²) >= 11 is 6.02. The summed E-state index contributed by atoms with van der Waals surface area (Å²) in [5, 5.41) is 10.4. The Bertz CT molecular complexity index is 1020. The van der Waals surface area contributed by atoms with E-state index in [2.05, 4.69) is 25.7 Å². The van der Waals surface area contributed by atoms with Crippen LogP contribution in [0.25, 0.3) is 0 Å². The summed E-state index contributed by atoms with van der Waals surface area (Å²) in [7, 11) is 0. The predicted octanol–water partition coefficient (Wildman–Crippen LogP) is 3.29. The number of para-hydroxylation sites is 1. The van der Waals surface area contributed by atoms with E-state index in [1.807, 2.05) is 6.07 Å². The van der Waals surface area contributed by atoms with E-state index in [9.17, 15) is 9.18 Å². The van der Waals surface area contributed by atoms with Crippen LogP contribution in [0.15, 0.2) is 52.4 Å². The summed E-state index contributed by atoms with van der Waals surface area (Å²) in [5.74, 6) is 0.307. The molecule has 0 amide bonds. The molecule has 27 heavy (non-hydrogen) atoms. The Morgan fingerprint density at radius 3 is 2.93 bits per heavy atom. The predicted molar refractivity (Wildman–Crippen MR) is 101 cm³/mol. The summed E-state index contributed by atoms with van der Waals surface area (Å²) in [6.07, 6.45) is 1.50. The Kier molecular flexibility index (Phi) is 5.77. The van der Waals surface area contributed by atoms with Gasteiger partial charge in [0.05, 0.1) is 11.2 Å². The van der Waals surface area contributed by atoms with Crippen LogP contribution in [0, 0.1) is 12.7 Å². The summed E-state index contributed by atoms with van der Waals surface area (Å²) in [6.45, 7) is 1.65. The highest BCUT2D eigenvalue weighted by Gasteiger charge is 2.09. The molecule has 0 aliphatic heterocycles. The van der Waals surface area contributed by atoms with Crippen LogP contribution in [0.1, 0.15) is 16.8 Å². The molecule has 0 saturated carbocycles. The van der Waals surface area contributed by atoms with Gasteiger partial charge in [-0.1, -0.05) is 29.8 Å². The maximum Gasteiger partial charge on any atom is 0.363 e. The van der Waals surface area contributed by atoms with Crippen LogP contribution in [-0.2, 0) is 6.61 Å². The fourth-order valence-electron chi connectivity index (χ4n) is 2.20. The summed E-state index contributed by atoms with van der Waals surface area (Å²) in [5.41, 5.74) is 3.49. The lowest BCUT2D eigenvalue weighted by atomic mass is 10.2. The van der Waals surface area contributed by atoms with E-state index in [0.29, 0.717) is 22.0 Å². The van der Waals surface area contributed by atoms with Crippen LogP contribution in [0.4, 0.5) is 10.2 Å². The minimum atomic E-state index is -0.580. The molecule has 0 atom stereocenters. The number of H-pyrrole nitrogens is 1. The largest absolute Gasteiger partial charge is 0.488 e. The van der Waals surface area contributed by atoms with Gasteiger partial charge in [0.2, 0.25) is 0 Å². The van der Waals surface area contributed by atoms with Crippen LogP contribution in [0.2, 0.25) is 5.02 Å². The average molecular weight is 388 g/mol. The Morgan fingerprint density at radius 2 is 2.11 bits per heavy atom. The maximum absolute atomic E-state index is 13.9. The van der Waals surface area contributed by atoms with Crippen LogP contribution < -0.4 is 15.9 Å². The first-order chi connectivity index (χ1) is 13.0. The molecule has 2 N–H and O–H groups in total. The van der Waals surface area contributed by atoms with Gasteiger partial charge in [0, 0.05) is 11.1 Å². The normalized spacial score (nSPS) is 10.9. The SMILES string of the molecule is Cc1n[nH]c(=O)nc1N/N=C\c1ccccc1OCc1c(F)cccc1Cl. The third-order valence-electron chi connectivity index (χ3n) is 3.60. The number of anilines is 1. The van der Waals surface area contributed by atoms with Crippen LogP contribution >= 0.6 is 11.6 Å². The molecular formula is C18H15ClFN5O2. The van der Waals surface area contributed by atoms with E-state index in [1.54, 1.807) is 31.2 Å². The van der Waals surface area contributed by atoms with E-state index < -0.39 is 11.5 Å². The van der Waals surface area contributed by atoms with Crippen LogP contribution in [0.5, 0.6) is 5.75 Å². The number of nitrogens with zero attached hydrogens (tertiary/aromatic N) is 3. The number of hydrogen-bond acceptors (Lipinski definition) is 6. The molecule has 0 spiro atoms. The standard InChI is InChI=1S/C18H15ClFN5O2/c1-11-17(22-18(26)25-23-11)24-21-9-12-5-2-3-8-16(12)27-10-13-14(19)6-4-7-15(13)20/h2-9H,10H2,1H3,(H2,22,24,25,26)/b21-9-. The van der Waals surface area contributed by atoms with Gasteiger partial charge >= 0.3 is 5.69 Å². The highest BCUT2D eigenvalue weighted by molar-refractivity contribution is 6.31. The molecule has 1 heterocycles. The molecule has 3 rings (SSSR count). The summed E-state index contributed by atoms with van der Waals surface area (Å²) in [6, 6.07) is 11.6. The van der Waals surface area contributed by atoms with E-state index in [-0.39, 0.29) is 18.0 Å². The Labute approximate surface area is 158 Å². The Morgan fingerprint density at radius 1 is 1.30 bits per heavy atom. The van der Waals surface area contributed by atoms with Crippen LogP contribution in [-0.4, -0.2) is 21.4 Å². The second kappa shape index (κ2) is 8.41. The van der Waals surface area contributed by atoms with Gasteiger partial charge in [-0.25, -0.2) is 14.3 Å². The van der Waals surface area contributed by atoms with Crippen molar-refractivity contribution in [2.24, 2.45) is 5.10 Å². The molecule has 0 aliphatic rings. The maximum atomic E-state index is 13.9. The zero-order valence-electron chi connectivity index (χ0n) is 14.2. The molecule has 7 nitrogen and oxygen atoms in total. The number of rotatable bonds is 6. The van der Waals surface area contributed by atoms with Gasteiger partial charge in [0.15, 0.2) is 5.82 Å². The second-order valence-corrected chi connectivity index (χ2v) is 5.88. The molecule has 138 valence electrons. The number of aromatic nitrogens is 3. The highest BCUT2D eigenvalue weighted by atomic mass is 35.5. The first-order valence-corrected chi connectivity index (χ1v) is 8.29. The van der Waals surface area contributed by atoms with Crippen molar-refractivity contribution in [3.63, 3.8) is 0 Å². The molecule has 2 aromatic carbocycles. The van der Waals surface area contributed by atoms with Crippen LogP contribution in [0.3, 0.4) is 0 Å². The minimum Gasteiger partial charge on any atom is -0.488 e. The monoisotopic (exact) mass is 387 g/mol. The van der Waals surface area contributed by atoms with Crippen molar-refractivity contribution in [3.8, 4) is 5.75 Å². The van der Waals surface area contributed by atoms with Crippen molar-refractivity contribution in [3.05, 3.63) is 80.6 Å². The third-order valence-corrected chi connectivity index (χ3v) is 3.96. The van der Waals surface area contributed by atoms with Gasteiger partial charge in [-0.05, 0) is 31.2 Å². The number of hydrazone groups is 1. The van der Waals surface area contributed by atoms with E-state index in [4.69, 9.17) is 16.3 Å². The summed E-state index contributed by atoms with van der Waals surface area (Å²) in [4.78, 5) is 15.0. The molecule has 1 aromatic heterocycles. The smallest absolute Gasteiger partial charge is 0.363 e. The molecular weight excluding hydrogens is 373 g/mol. The van der Waals surface area contributed by atoms with E-state index >= 15 is 0 Å². The highest BCUT2D eigenvalue weighted by Crippen LogP contribution is 2.23. The van der Waals surface area contributed by atoms with E-state index in [1.165, 1.54) is 18.3 Å². The Balaban J connectivity index is 1.74. The fourth-order valence-corrected chi connectivity index (χ4v) is 2.42. The zero-order valence-corrected chi connectivity index (χ0v) is 15.0. The molecule has 0 bridgehead atoms. The van der Waals surface area contributed by atoms with E-state index in [0.717, 1.165) is 0 Å². The number of halogens is 2. The average Bonchev–Trinajstić information content (AvgIpc) is 2.65. The molecule has 9 heteroatoms. The summed E-state index contributed by atoms with van der Waals surface area (Å²) < 4.78 is 19.6. The van der Waals surface area contributed by atoms with Crippen molar-refractivity contribution in [2.45, 2.75) is 13.5 Å². The van der Waals surface area contributed by atoms with Crippen molar-refractivity contribution >= 4 is 23.6 Å². The van der Waals surface area contributed by atoms with Gasteiger partial charge in [-0.3, -0.25) is 5.43 Å². The molecule has 0 aliphatic carbocycles. The van der Waals surface area contributed by atoms with Crippen molar-refractivity contribution in [1.29, 1.82) is 0 Å². The Hall–Kier alpha value is -3.26. The number of nitrogens with one attached hydrogen (secondary N) is 2.